The van der Waals surface area contributed by atoms with Gasteiger partial charge in [-0.15, -0.1) is 0 Å². The SMILES string of the molecule is O=CC(=O)c1ccc(C(=O)C(F)Br)cc1. The molecule has 0 fully saturated rings. The Kier molecular flexibility index (Phi) is 3.85. The molecule has 3 nitrogen and oxygen atoms in total. The average Bonchev–Trinajstić information content (AvgIpc) is 2.27. The lowest BCUT2D eigenvalue weighted by Gasteiger charge is -2.00. The van der Waals surface area contributed by atoms with Gasteiger partial charge in [0, 0.05) is 11.1 Å². The van der Waals surface area contributed by atoms with E-state index in [1.807, 2.05) is 0 Å². The standard InChI is InChI=1S/C10H6BrFO3/c11-10(12)9(15)7-3-1-6(2-4-7)8(14)5-13/h1-5,10H. The van der Waals surface area contributed by atoms with Gasteiger partial charge in [0.1, 0.15) is 0 Å². The summed E-state index contributed by atoms with van der Waals surface area (Å²) in [5.41, 5.74) is 0.313. The molecule has 0 amide bonds. The normalized spacial score (nSPS) is 11.9. The van der Waals surface area contributed by atoms with Gasteiger partial charge >= 0.3 is 0 Å². The number of hydrogen-bond donors (Lipinski definition) is 0. The summed E-state index contributed by atoms with van der Waals surface area (Å²) in [7, 11) is 0. The van der Waals surface area contributed by atoms with Crippen LogP contribution in [0.25, 0.3) is 0 Å². The topological polar surface area (TPSA) is 51.2 Å². The molecule has 0 spiro atoms. The van der Waals surface area contributed by atoms with E-state index in [2.05, 4.69) is 15.9 Å². The number of halogens is 2. The monoisotopic (exact) mass is 272 g/mol. The minimum absolute atomic E-state index is 0.141. The van der Waals surface area contributed by atoms with E-state index in [0.717, 1.165) is 0 Å². The second-order valence-electron chi connectivity index (χ2n) is 2.72. The van der Waals surface area contributed by atoms with Crippen molar-refractivity contribution < 1.29 is 18.8 Å². The van der Waals surface area contributed by atoms with Crippen LogP contribution in [0.2, 0.25) is 0 Å². The second-order valence-corrected chi connectivity index (χ2v) is 3.53. The largest absolute Gasteiger partial charge is 0.294 e. The van der Waals surface area contributed by atoms with Crippen molar-refractivity contribution in [2.24, 2.45) is 0 Å². The number of benzene rings is 1. The van der Waals surface area contributed by atoms with Crippen LogP contribution in [-0.4, -0.2) is 22.9 Å². The molecule has 78 valence electrons. The Balaban J connectivity index is 2.95. The second kappa shape index (κ2) is 4.93. The molecule has 0 aliphatic rings. The lowest BCUT2D eigenvalue weighted by atomic mass is 10.1. The van der Waals surface area contributed by atoms with Crippen molar-refractivity contribution in [2.45, 2.75) is 5.08 Å². The molecule has 0 radical (unpaired) electrons. The first-order valence-corrected chi connectivity index (χ1v) is 4.89. The Labute approximate surface area is 93.4 Å². The summed E-state index contributed by atoms with van der Waals surface area (Å²) >= 11 is 2.50. The minimum atomic E-state index is -1.76. The number of Topliss-reactive ketones (excluding diaryl/α,β-unsaturated/α-hetero) is 2. The van der Waals surface area contributed by atoms with Crippen molar-refractivity contribution >= 4 is 33.8 Å². The van der Waals surface area contributed by atoms with Crippen LogP contribution in [0.1, 0.15) is 20.7 Å². The van der Waals surface area contributed by atoms with Gasteiger partial charge in [0.15, 0.2) is 6.29 Å². The summed E-state index contributed by atoms with van der Waals surface area (Å²) in [4.78, 5) is 32.2. The molecule has 0 aliphatic carbocycles. The molecule has 0 saturated carbocycles. The van der Waals surface area contributed by atoms with Crippen LogP contribution in [0, 0.1) is 0 Å². The maximum Gasteiger partial charge on any atom is 0.225 e. The molecule has 1 rings (SSSR count). The van der Waals surface area contributed by atoms with E-state index in [1.165, 1.54) is 24.3 Å². The van der Waals surface area contributed by atoms with Crippen molar-refractivity contribution in [1.82, 2.24) is 0 Å². The highest BCUT2D eigenvalue weighted by molar-refractivity contribution is 9.09. The lowest BCUT2D eigenvalue weighted by molar-refractivity contribution is -0.104. The highest BCUT2D eigenvalue weighted by atomic mass is 79.9. The summed E-state index contributed by atoms with van der Waals surface area (Å²) in [6, 6.07) is 5.21. The average molecular weight is 273 g/mol. The fourth-order valence-corrected chi connectivity index (χ4v) is 1.26. The summed E-state index contributed by atoms with van der Waals surface area (Å²) in [6.45, 7) is 0. The first kappa shape index (κ1) is 11.7. The van der Waals surface area contributed by atoms with E-state index >= 15 is 0 Å². The van der Waals surface area contributed by atoms with Gasteiger partial charge in [-0.2, -0.15) is 0 Å². The van der Waals surface area contributed by atoms with Gasteiger partial charge < -0.3 is 0 Å². The summed E-state index contributed by atoms with van der Waals surface area (Å²) in [5.74, 6) is -1.40. The summed E-state index contributed by atoms with van der Waals surface area (Å²) in [6.07, 6.45) is 0.180. The quantitative estimate of drug-likeness (QED) is 0.364. The predicted octanol–water partition coefficient (Wildman–Crippen LogP) is 1.94. The minimum Gasteiger partial charge on any atom is -0.294 e. The lowest BCUT2D eigenvalue weighted by Crippen LogP contribution is -2.09. The Bertz CT molecular complexity index is 398. The van der Waals surface area contributed by atoms with Crippen molar-refractivity contribution in [2.75, 3.05) is 0 Å². The number of ketones is 2. The molecule has 0 aliphatic heterocycles. The smallest absolute Gasteiger partial charge is 0.225 e. The third kappa shape index (κ3) is 2.79. The Morgan fingerprint density at radius 3 is 2.07 bits per heavy atom. The molecule has 0 N–H and O–H groups in total. The molecular formula is C10H6BrFO3. The van der Waals surface area contributed by atoms with Crippen LogP contribution >= 0.6 is 15.9 Å². The van der Waals surface area contributed by atoms with E-state index in [-0.39, 0.29) is 17.4 Å². The highest BCUT2D eigenvalue weighted by Crippen LogP contribution is 2.12. The van der Waals surface area contributed by atoms with Crippen LogP contribution in [0.15, 0.2) is 24.3 Å². The molecule has 0 saturated heterocycles. The third-order valence-electron chi connectivity index (χ3n) is 1.76. The number of rotatable bonds is 4. The van der Waals surface area contributed by atoms with Gasteiger partial charge in [-0.05, 0) is 15.9 Å². The fourth-order valence-electron chi connectivity index (χ4n) is 0.993. The van der Waals surface area contributed by atoms with E-state index in [1.54, 1.807) is 0 Å². The molecule has 0 heterocycles. The molecule has 5 heteroatoms. The maximum atomic E-state index is 12.6. The number of carbonyl (C=O) groups excluding carboxylic acids is 3. The third-order valence-corrected chi connectivity index (χ3v) is 2.18. The van der Waals surface area contributed by atoms with Crippen LogP contribution in [-0.2, 0) is 4.79 Å². The van der Waals surface area contributed by atoms with E-state index in [4.69, 9.17) is 0 Å². The van der Waals surface area contributed by atoms with Gasteiger partial charge in [0.25, 0.3) is 0 Å². The molecule has 1 atom stereocenters. The van der Waals surface area contributed by atoms with E-state index in [9.17, 15) is 18.8 Å². The van der Waals surface area contributed by atoms with Crippen LogP contribution in [0.5, 0.6) is 0 Å². The zero-order chi connectivity index (χ0) is 11.4. The predicted molar refractivity (Wildman–Crippen MR) is 55.0 cm³/mol. The van der Waals surface area contributed by atoms with E-state index in [0.29, 0.717) is 0 Å². The molecule has 15 heavy (non-hydrogen) atoms. The highest BCUT2D eigenvalue weighted by Gasteiger charge is 2.15. The van der Waals surface area contributed by atoms with Gasteiger partial charge in [-0.3, -0.25) is 14.4 Å². The van der Waals surface area contributed by atoms with Crippen LogP contribution in [0.4, 0.5) is 4.39 Å². The maximum absolute atomic E-state index is 12.6. The van der Waals surface area contributed by atoms with Crippen LogP contribution in [0.3, 0.4) is 0 Å². The molecule has 0 bridgehead atoms. The first-order valence-electron chi connectivity index (χ1n) is 3.98. The van der Waals surface area contributed by atoms with E-state index < -0.39 is 16.6 Å². The number of alkyl halides is 2. The zero-order valence-electron chi connectivity index (χ0n) is 7.44. The fraction of sp³-hybridized carbons (Fsp3) is 0.100. The van der Waals surface area contributed by atoms with Crippen molar-refractivity contribution in [3.8, 4) is 0 Å². The summed E-state index contributed by atoms with van der Waals surface area (Å²) in [5, 5.41) is -1.76. The van der Waals surface area contributed by atoms with Gasteiger partial charge in [0.05, 0.1) is 0 Å². The van der Waals surface area contributed by atoms with Gasteiger partial charge in [0.2, 0.25) is 16.6 Å². The van der Waals surface area contributed by atoms with Crippen molar-refractivity contribution in [3.63, 3.8) is 0 Å². The number of carbonyl (C=O) groups is 3. The molecule has 1 unspecified atom stereocenters. The van der Waals surface area contributed by atoms with Crippen LogP contribution < -0.4 is 0 Å². The Morgan fingerprint density at radius 2 is 1.67 bits per heavy atom. The van der Waals surface area contributed by atoms with Crippen molar-refractivity contribution in [1.29, 1.82) is 0 Å². The van der Waals surface area contributed by atoms with Crippen molar-refractivity contribution in [3.05, 3.63) is 35.4 Å². The number of aldehydes is 1. The molecular weight excluding hydrogens is 267 g/mol. The summed E-state index contributed by atoms with van der Waals surface area (Å²) < 4.78 is 12.6. The molecule has 0 aromatic heterocycles. The Morgan fingerprint density at radius 1 is 1.20 bits per heavy atom. The van der Waals surface area contributed by atoms with Gasteiger partial charge in [-0.25, -0.2) is 4.39 Å². The molecule has 1 aromatic rings. The molecule has 1 aromatic carbocycles. The first-order chi connectivity index (χ1) is 7.06. The van der Waals surface area contributed by atoms with Gasteiger partial charge in [-0.1, -0.05) is 24.3 Å². The zero-order valence-corrected chi connectivity index (χ0v) is 9.03. The Hall–Kier alpha value is -1.36. The number of hydrogen-bond acceptors (Lipinski definition) is 3.